The molecule has 6 N–H and O–H groups in total. The predicted molar refractivity (Wildman–Crippen MR) is 34.3 cm³/mol. The first-order chi connectivity index (χ1) is 2.00. The van der Waals surface area contributed by atoms with E-state index in [4.69, 9.17) is 36.8 Å². The van der Waals surface area contributed by atoms with E-state index in [-0.39, 0.29) is 16.4 Å². The molecule has 8 heteroatoms. The van der Waals surface area contributed by atoms with E-state index in [0.717, 1.165) is 0 Å². The van der Waals surface area contributed by atoms with Crippen LogP contribution in [-0.2, 0) is 12.8 Å². The van der Waals surface area contributed by atoms with Gasteiger partial charge in [-0.25, -0.2) is 0 Å². The molecule has 0 spiro atoms. The molecule has 0 saturated carbocycles. The normalized spacial score (nSPS) is 9.50. The summed E-state index contributed by atoms with van der Waals surface area (Å²) in [6, 6.07) is 0. The van der Waals surface area contributed by atoms with Crippen LogP contribution in [0.2, 0.25) is 0 Å². The Labute approximate surface area is 65.6 Å². The average molecular weight is 393 g/mol. The molecule has 0 aromatic rings. The van der Waals surface area contributed by atoms with Gasteiger partial charge in [0.15, 0.2) is 0 Å². The van der Waals surface area contributed by atoms with Gasteiger partial charge in [-0.05, 0) is 0 Å². The second-order valence-corrected chi connectivity index (χ2v) is 19.0. The van der Waals surface area contributed by atoms with Crippen molar-refractivity contribution in [3.05, 3.63) is 0 Å². The Bertz CT molecular complexity index is 26.8. The van der Waals surface area contributed by atoms with E-state index in [2.05, 4.69) is 0 Å². The van der Waals surface area contributed by atoms with E-state index >= 15 is 0 Å². The number of hydrogen-bond donors (Lipinski definition) is 0. The predicted octanol–water partition coefficient (Wildman–Crippen LogP) is 0.281. The zero-order valence-corrected chi connectivity index (χ0v) is 8.50. The van der Waals surface area contributed by atoms with Crippen LogP contribution in [0.1, 0.15) is 0 Å². The van der Waals surface area contributed by atoms with Gasteiger partial charge >= 0.3 is 49.6 Å². The van der Waals surface area contributed by atoms with Gasteiger partial charge in [0.25, 0.3) is 0 Å². The second-order valence-electron chi connectivity index (χ2n) is 0.258. The van der Waals surface area contributed by atoms with Crippen molar-refractivity contribution in [3.8, 4) is 0 Å². The molecule has 0 unspecified atom stereocenters. The summed E-state index contributed by atoms with van der Waals surface area (Å²) >= 11 is -3.00. The van der Waals surface area contributed by atoms with Gasteiger partial charge in [-0.15, -0.1) is 0 Å². The zero-order valence-electron chi connectivity index (χ0n) is 3.31. The fraction of sp³-hybridized carbons (Fsp3) is 0. The maximum absolute atomic E-state index is 5.00. The molecular formula is H6AuCl4O3-. The standard InChI is InChI=1S/Au.4ClH.3H2O/h;4*1H;3*1H2/q+3;;;;;;;/p-4. The minimum atomic E-state index is -3.00. The van der Waals surface area contributed by atoms with Crippen molar-refractivity contribution >= 4 is 36.8 Å². The van der Waals surface area contributed by atoms with Gasteiger partial charge in [-0.1, -0.05) is 0 Å². The molecule has 0 atom stereocenters. The summed E-state index contributed by atoms with van der Waals surface area (Å²) < 4.78 is 0. The summed E-state index contributed by atoms with van der Waals surface area (Å²) in [6.07, 6.45) is 0. The summed E-state index contributed by atoms with van der Waals surface area (Å²) in [5.74, 6) is 0. The van der Waals surface area contributed by atoms with Crippen molar-refractivity contribution in [1.82, 2.24) is 0 Å². The van der Waals surface area contributed by atoms with Gasteiger partial charge in [-0.2, -0.15) is 0 Å². The minimum absolute atomic E-state index is 0. The van der Waals surface area contributed by atoms with Crippen LogP contribution in [-0.4, -0.2) is 16.4 Å². The molecule has 0 aromatic carbocycles. The van der Waals surface area contributed by atoms with Crippen molar-refractivity contribution in [2.45, 2.75) is 0 Å². The van der Waals surface area contributed by atoms with E-state index in [0.29, 0.717) is 0 Å². The average Bonchev–Trinajstić information content (AvgIpc) is 0.722. The van der Waals surface area contributed by atoms with Gasteiger partial charge in [-0.3, -0.25) is 0 Å². The van der Waals surface area contributed by atoms with Gasteiger partial charge in [0.1, 0.15) is 0 Å². The Morgan fingerprint density at radius 3 is 0.625 bits per heavy atom. The summed E-state index contributed by atoms with van der Waals surface area (Å²) in [5.41, 5.74) is 0. The molecule has 0 rings (SSSR count). The first-order valence-corrected chi connectivity index (χ1v) is 11.2. The van der Waals surface area contributed by atoms with Crippen LogP contribution in [0, 0.1) is 0 Å². The Morgan fingerprint density at radius 2 is 0.625 bits per heavy atom. The van der Waals surface area contributed by atoms with E-state index < -0.39 is 12.8 Å². The van der Waals surface area contributed by atoms with Crippen LogP contribution in [0.15, 0.2) is 0 Å². The molecule has 3 nitrogen and oxygen atoms in total. The topological polar surface area (TPSA) is 94.5 Å². The Hall–Kier alpha value is 1.78. The van der Waals surface area contributed by atoms with Gasteiger partial charge in [0.2, 0.25) is 0 Å². The van der Waals surface area contributed by atoms with Crippen molar-refractivity contribution < 1.29 is 29.2 Å². The van der Waals surface area contributed by atoms with E-state index in [1.807, 2.05) is 0 Å². The van der Waals surface area contributed by atoms with Crippen molar-refractivity contribution in [3.63, 3.8) is 0 Å². The van der Waals surface area contributed by atoms with Crippen LogP contribution < -0.4 is 0 Å². The first-order valence-electron chi connectivity index (χ1n) is 0.456. The molecule has 0 saturated heterocycles. The van der Waals surface area contributed by atoms with E-state index in [1.165, 1.54) is 0 Å². The third-order valence-electron chi connectivity index (χ3n) is 0. The molecule has 0 fully saturated rings. The molecule has 0 heterocycles. The monoisotopic (exact) mass is 391 g/mol. The summed E-state index contributed by atoms with van der Waals surface area (Å²) in [4.78, 5) is 0. The van der Waals surface area contributed by atoms with Gasteiger partial charge < -0.3 is 16.4 Å². The molecular weight excluding hydrogens is 387 g/mol. The van der Waals surface area contributed by atoms with E-state index in [1.54, 1.807) is 0 Å². The van der Waals surface area contributed by atoms with Crippen LogP contribution in [0.3, 0.4) is 0 Å². The molecule has 0 aliphatic heterocycles. The van der Waals surface area contributed by atoms with Crippen molar-refractivity contribution in [2.75, 3.05) is 0 Å². The number of hydrogen-bond acceptors (Lipinski definition) is 0. The summed E-state index contributed by atoms with van der Waals surface area (Å²) in [7, 11) is 20.0. The Morgan fingerprint density at radius 1 is 0.625 bits per heavy atom. The van der Waals surface area contributed by atoms with Crippen LogP contribution in [0.25, 0.3) is 0 Å². The zero-order chi connectivity index (χ0) is 4.50. The van der Waals surface area contributed by atoms with E-state index in [9.17, 15) is 0 Å². The van der Waals surface area contributed by atoms with Gasteiger partial charge in [0, 0.05) is 0 Å². The fourth-order valence-electron chi connectivity index (χ4n) is 0. The Kier molecular flexibility index (Phi) is 24.8. The molecule has 8 heavy (non-hydrogen) atoms. The van der Waals surface area contributed by atoms with Gasteiger partial charge in [0.05, 0.1) is 0 Å². The van der Waals surface area contributed by atoms with Crippen LogP contribution in [0.4, 0.5) is 0 Å². The van der Waals surface area contributed by atoms with Crippen LogP contribution >= 0.6 is 36.8 Å². The molecule has 0 radical (unpaired) electrons. The quantitative estimate of drug-likeness (QED) is 0.529. The molecule has 0 aliphatic rings. The maximum atomic E-state index is 5.00. The number of halogens is 4. The molecule has 0 aromatic heterocycles. The van der Waals surface area contributed by atoms with Crippen LogP contribution in [0.5, 0.6) is 0 Å². The third kappa shape index (κ3) is 113. The summed E-state index contributed by atoms with van der Waals surface area (Å²) in [6.45, 7) is 0. The Balaban J connectivity index is -0.0000000267. The molecule has 0 bridgehead atoms. The second kappa shape index (κ2) is 8.78. The number of rotatable bonds is 0. The molecule has 0 aliphatic carbocycles. The first kappa shape index (κ1) is 22.6. The van der Waals surface area contributed by atoms with Crippen molar-refractivity contribution in [1.29, 1.82) is 0 Å². The molecule has 64 valence electrons. The van der Waals surface area contributed by atoms with Crippen molar-refractivity contribution in [2.24, 2.45) is 0 Å². The molecule has 0 amide bonds. The third-order valence-corrected chi connectivity index (χ3v) is 0. The SMILES string of the molecule is O.O.O.[Cl][Au-]([Cl])([Cl])[Cl]. The summed E-state index contributed by atoms with van der Waals surface area (Å²) in [5, 5.41) is 0. The fourth-order valence-corrected chi connectivity index (χ4v) is 0.